The van der Waals surface area contributed by atoms with E-state index in [2.05, 4.69) is 5.32 Å². The molecule has 30 heavy (non-hydrogen) atoms. The van der Waals surface area contributed by atoms with Gasteiger partial charge in [-0.2, -0.15) is 0 Å². The van der Waals surface area contributed by atoms with E-state index in [4.69, 9.17) is 9.47 Å². The van der Waals surface area contributed by atoms with Crippen LogP contribution in [0.15, 0.2) is 77.1 Å². The summed E-state index contributed by atoms with van der Waals surface area (Å²) in [4.78, 5) is 26.0. The molecule has 0 bridgehead atoms. The molecule has 2 atom stereocenters. The van der Waals surface area contributed by atoms with Crippen molar-refractivity contribution in [1.29, 1.82) is 0 Å². The second-order valence-corrected chi connectivity index (χ2v) is 7.69. The minimum Gasteiger partial charge on any atom is -0.497 e. The van der Waals surface area contributed by atoms with E-state index in [1.165, 1.54) is 7.11 Å². The van der Waals surface area contributed by atoms with Crippen LogP contribution in [0.1, 0.15) is 42.7 Å². The molecule has 0 fully saturated rings. The van der Waals surface area contributed by atoms with Crippen molar-refractivity contribution in [2.45, 2.75) is 31.6 Å². The summed E-state index contributed by atoms with van der Waals surface area (Å²) in [5.74, 6) is 0.109. The molecule has 2 aromatic rings. The maximum atomic E-state index is 13.4. The number of ketones is 1. The summed E-state index contributed by atoms with van der Waals surface area (Å²) in [6.45, 7) is 1.87. The van der Waals surface area contributed by atoms with Crippen molar-refractivity contribution in [3.05, 3.63) is 88.3 Å². The molecule has 0 amide bonds. The molecule has 0 radical (unpaired) electrons. The Labute approximate surface area is 176 Å². The van der Waals surface area contributed by atoms with Crippen LogP contribution in [0.5, 0.6) is 5.75 Å². The first-order chi connectivity index (χ1) is 14.5. The summed E-state index contributed by atoms with van der Waals surface area (Å²) in [6.07, 6.45) is 1.12. The fourth-order valence-corrected chi connectivity index (χ4v) is 4.51. The first-order valence-corrected chi connectivity index (χ1v) is 10.0. The van der Waals surface area contributed by atoms with Gasteiger partial charge in [-0.15, -0.1) is 0 Å². The number of hydrogen-bond donors (Lipinski definition) is 1. The number of nitrogens with one attached hydrogen (secondary N) is 1. The lowest BCUT2D eigenvalue weighted by molar-refractivity contribution is -0.136. The van der Waals surface area contributed by atoms with E-state index in [1.807, 2.05) is 61.5 Å². The SMILES string of the molecule is COC(=O)C1=C(C)NC2=C(C(=O)C[C@H](c3ccc(OC)cc3)C2)[C@@H]1c1ccccc1. The molecule has 0 aromatic heterocycles. The van der Waals surface area contributed by atoms with Gasteiger partial charge in [-0.1, -0.05) is 42.5 Å². The van der Waals surface area contributed by atoms with Crippen molar-refractivity contribution in [2.24, 2.45) is 0 Å². The number of ether oxygens (including phenoxy) is 2. The molecule has 5 nitrogen and oxygen atoms in total. The van der Waals surface area contributed by atoms with Gasteiger partial charge in [0.15, 0.2) is 5.78 Å². The highest BCUT2D eigenvalue weighted by atomic mass is 16.5. The first kappa shape index (κ1) is 20.0. The fourth-order valence-electron chi connectivity index (χ4n) is 4.51. The van der Waals surface area contributed by atoms with Crippen LogP contribution in [-0.4, -0.2) is 26.0 Å². The third-order valence-corrected chi connectivity index (χ3v) is 5.95. The second-order valence-electron chi connectivity index (χ2n) is 7.69. The van der Waals surface area contributed by atoms with Crippen molar-refractivity contribution in [2.75, 3.05) is 14.2 Å². The van der Waals surface area contributed by atoms with Crippen LogP contribution in [-0.2, 0) is 14.3 Å². The third kappa shape index (κ3) is 3.52. The number of allylic oxidation sites excluding steroid dienone is 3. The van der Waals surface area contributed by atoms with E-state index in [-0.39, 0.29) is 11.7 Å². The van der Waals surface area contributed by atoms with Crippen LogP contribution in [0.25, 0.3) is 0 Å². The maximum Gasteiger partial charge on any atom is 0.336 e. The van der Waals surface area contributed by atoms with Gasteiger partial charge in [0, 0.05) is 29.3 Å². The molecule has 1 aliphatic carbocycles. The summed E-state index contributed by atoms with van der Waals surface area (Å²) in [6, 6.07) is 17.6. The lowest BCUT2D eigenvalue weighted by Crippen LogP contribution is -2.36. The minimum absolute atomic E-state index is 0.0623. The topological polar surface area (TPSA) is 64.6 Å². The van der Waals surface area contributed by atoms with Crippen molar-refractivity contribution in [3.63, 3.8) is 0 Å². The summed E-state index contributed by atoms with van der Waals surface area (Å²) >= 11 is 0. The van der Waals surface area contributed by atoms with Gasteiger partial charge in [0.25, 0.3) is 0 Å². The normalized spacial score (nSPS) is 21.1. The number of methoxy groups -OCH3 is 2. The van der Waals surface area contributed by atoms with E-state index in [0.29, 0.717) is 24.0 Å². The van der Waals surface area contributed by atoms with Gasteiger partial charge in [-0.05, 0) is 42.5 Å². The van der Waals surface area contributed by atoms with Crippen LogP contribution in [0, 0.1) is 0 Å². The molecule has 2 aliphatic rings. The highest BCUT2D eigenvalue weighted by Crippen LogP contribution is 2.45. The number of carbonyl (C=O) groups excluding carboxylic acids is 2. The van der Waals surface area contributed by atoms with Crippen LogP contribution in [0.2, 0.25) is 0 Å². The monoisotopic (exact) mass is 403 g/mol. The molecule has 154 valence electrons. The Morgan fingerprint density at radius 3 is 2.30 bits per heavy atom. The predicted molar refractivity (Wildman–Crippen MR) is 114 cm³/mol. The number of rotatable bonds is 4. The largest absolute Gasteiger partial charge is 0.497 e. The number of Topliss-reactive ketones (excluding diaryl/α,β-unsaturated/α-hetero) is 1. The Kier molecular flexibility index (Phi) is 5.44. The summed E-state index contributed by atoms with van der Waals surface area (Å²) < 4.78 is 10.3. The van der Waals surface area contributed by atoms with E-state index < -0.39 is 11.9 Å². The first-order valence-electron chi connectivity index (χ1n) is 10.0. The number of dihydropyridines is 1. The zero-order chi connectivity index (χ0) is 21.3. The fraction of sp³-hybridized carbons (Fsp3) is 0.280. The second kappa shape index (κ2) is 8.19. The van der Waals surface area contributed by atoms with E-state index in [9.17, 15) is 9.59 Å². The molecule has 1 aliphatic heterocycles. The molecule has 4 rings (SSSR count). The molecule has 0 unspecified atom stereocenters. The van der Waals surface area contributed by atoms with Gasteiger partial charge in [0.05, 0.1) is 19.8 Å². The van der Waals surface area contributed by atoms with Crippen molar-refractivity contribution < 1.29 is 19.1 Å². The number of carbonyl (C=O) groups is 2. The Balaban J connectivity index is 1.76. The summed E-state index contributed by atoms with van der Waals surface area (Å²) in [5.41, 5.74) is 4.83. The molecule has 1 heterocycles. The zero-order valence-electron chi connectivity index (χ0n) is 17.4. The highest BCUT2D eigenvalue weighted by Gasteiger charge is 2.41. The van der Waals surface area contributed by atoms with E-state index >= 15 is 0 Å². The molecule has 0 saturated carbocycles. The van der Waals surface area contributed by atoms with Crippen molar-refractivity contribution in [1.82, 2.24) is 5.32 Å². The highest BCUT2D eigenvalue weighted by molar-refractivity contribution is 6.04. The average molecular weight is 403 g/mol. The van der Waals surface area contributed by atoms with Gasteiger partial charge >= 0.3 is 5.97 Å². The molecule has 1 N–H and O–H groups in total. The maximum absolute atomic E-state index is 13.4. The zero-order valence-corrected chi connectivity index (χ0v) is 17.4. The standard InChI is InChI=1S/C25H25NO4/c1-15-22(25(28)30-3)23(17-7-5-4-6-8-17)24-20(26-15)13-18(14-21(24)27)16-9-11-19(29-2)12-10-16/h4-12,18,23,26H,13-14H2,1-3H3/t18-,23-/m1/s1. The lowest BCUT2D eigenvalue weighted by atomic mass is 9.72. The molecule has 0 saturated heterocycles. The van der Waals surface area contributed by atoms with Crippen molar-refractivity contribution >= 4 is 11.8 Å². The molecular weight excluding hydrogens is 378 g/mol. The predicted octanol–water partition coefficient (Wildman–Crippen LogP) is 4.23. The average Bonchev–Trinajstić information content (AvgIpc) is 2.78. The Morgan fingerprint density at radius 2 is 1.67 bits per heavy atom. The third-order valence-electron chi connectivity index (χ3n) is 5.95. The molecular formula is C25H25NO4. The molecule has 5 heteroatoms. The van der Waals surface area contributed by atoms with Crippen molar-refractivity contribution in [3.8, 4) is 5.75 Å². The van der Waals surface area contributed by atoms with Crippen LogP contribution >= 0.6 is 0 Å². The number of hydrogen-bond acceptors (Lipinski definition) is 5. The smallest absolute Gasteiger partial charge is 0.336 e. The molecule has 0 spiro atoms. The van der Waals surface area contributed by atoms with Gasteiger partial charge in [0.1, 0.15) is 5.75 Å². The van der Waals surface area contributed by atoms with E-state index in [0.717, 1.165) is 28.3 Å². The van der Waals surface area contributed by atoms with Crippen LogP contribution < -0.4 is 10.1 Å². The van der Waals surface area contributed by atoms with Crippen LogP contribution in [0.4, 0.5) is 0 Å². The Bertz CT molecular complexity index is 1030. The minimum atomic E-state index is -0.417. The van der Waals surface area contributed by atoms with Gasteiger partial charge < -0.3 is 14.8 Å². The lowest BCUT2D eigenvalue weighted by Gasteiger charge is -2.36. The Hall–Kier alpha value is -3.34. The summed E-state index contributed by atoms with van der Waals surface area (Å²) in [5, 5.41) is 3.35. The van der Waals surface area contributed by atoms with Gasteiger partial charge in [0.2, 0.25) is 0 Å². The Morgan fingerprint density at radius 1 is 0.967 bits per heavy atom. The number of esters is 1. The molecule has 2 aromatic carbocycles. The van der Waals surface area contributed by atoms with E-state index in [1.54, 1.807) is 7.11 Å². The van der Waals surface area contributed by atoms with Gasteiger partial charge in [-0.25, -0.2) is 4.79 Å². The van der Waals surface area contributed by atoms with Crippen LogP contribution in [0.3, 0.4) is 0 Å². The summed E-state index contributed by atoms with van der Waals surface area (Å²) in [7, 11) is 3.01. The number of benzene rings is 2. The van der Waals surface area contributed by atoms with Gasteiger partial charge in [-0.3, -0.25) is 4.79 Å². The quantitative estimate of drug-likeness (QED) is 0.774.